The van der Waals surface area contributed by atoms with Crippen LogP contribution in [-0.4, -0.2) is 31.5 Å². The highest BCUT2D eigenvalue weighted by molar-refractivity contribution is 8.19. The Morgan fingerprint density at radius 1 is 1.31 bits per heavy atom. The summed E-state index contributed by atoms with van der Waals surface area (Å²) in [6.07, 6.45) is 0. The van der Waals surface area contributed by atoms with Crippen molar-refractivity contribution in [3.05, 3.63) is 24.3 Å². The minimum atomic E-state index is -0.190. The van der Waals surface area contributed by atoms with Crippen molar-refractivity contribution < 1.29 is 9.53 Å². The summed E-state index contributed by atoms with van der Waals surface area (Å²) in [7, 11) is 10.4. The molecular formula is C10H13ClN2O2S. The lowest BCUT2D eigenvalue weighted by molar-refractivity contribution is 0.238. The van der Waals surface area contributed by atoms with Gasteiger partial charge in [0.1, 0.15) is 5.75 Å². The Morgan fingerprint density at radius 2 is 1.88 bits per heavy atom. The second kappa shape index (κ2) is 5.86. The lowest BCUT2D eigenvalue weighted by Gasteiger charge is -2.22. The fourth-order valence-electron chi connectivity index (χ4n) is 1.16. The highest BCUT2D eigenvalue weighted by atomic mass is 35.7. The van der Waals surface area contributed by atoms with Crippen molar-refractivity contribution in [1.82, 2.24) is 4.31 Å². The molecular weight excluding hydrogens is 248 g/mol. The highest BCUT2D eigenvalue weighted by Crippen LogP contribution is 2.21. The summed E-state index contributed by atoms with van der Waals surface area (Å²) >= 11 is 0.853. The van der Waals surface area contributed by atoms with Crippen molar-refractivity contribution in [3.63, 3.8) is 0 Å². The lowest BCUT2D eigenvalue weighted by Crippen LogP contribution is -2.34. The quantitative estimate of drug-likeness (QED) is 0.784. The second-order valence-corrected chi connectivity index (χ2v) is 4.21. The molecule has 0 saturated heterocycles. The number of methoxy groups -OCH3 is 1. The monoisotopic (exact) mass is 260 g/mol. The van der Waals surface area contributed by atoms with Gasteiger partial charge < -0.3 is 4.74 Å². The van der Waals surface area contributed by atoms with Gasteiger partial charge in [-0.3, -0.25) is 9.21 Å². The first kappa shape index (κ1) is 13.0. The molecule has 6 heteroatoms. The molecule has 88 valence electrons. The molecule has 0 saturated carbocycles. The third-order valence-corrected chi connectivity index (χ3v) is 3.10. The van der Waals surface area contributed by atoms with Crippen molar-refractivity contribution in [2.75, 3.05) is 26.1 Å². The number of nitrogens with zero attached hydrogens (tertiary/aromatic N) is 2. The molecule has 0 aliphatic rings. The molecule has 4 nitrogen and oxygen atoms in total. The third kappa shape index (κ3) is 2.96. The molecule has 0 spiro atoms. The molecule has 2 amide bonds. The van der Waals surface area contributed by atoms with Gasteiger partial charge in [0.25, 0.3) is 0 Å². The molecule has 1 aromatic carbocycles. The number of ether oxygens (including phenoxy) is 1. The van der Waals surface area contributed by atoms with Crippen LogP contribution in [0.4, 0.5) is 10.5 Å². The van der Waals surface area contributed by atoms with E-state index in [-0.39, 0.29) is 6.03 Å². The standard InChI is InChI=1S/C10H13ClN2O2S/c1-12(10(14)13(2)16-11)8-4-6-9(15-3)7-5-8/h4-7H,1-3H3. The maximum absolute atomic E-state index is 11.7. The number of amides is 2. The van der Waals surface area contributed by atoms with Crippen molar-refractivity contribution in [1.29, 1.82) is 0 Å². The van der Waals surface area contributed by atoms with Crippen LogP contribution in [0.2, 0.25) is 0 Å². The Hall–Kier alpha value is -1.07. The first-order chi connectivity index (χ1) is 7.60. The molecule has 0 aliphatic heterocycles. The first-order valence-corrected chi connectivity index (χ1v) is 6.14. The lowest BCUT2D eigenvalue weighted by atomic mass is 10.3. The average Bonchev–Trinajstić information content (AvgIpc) is 2.36. The predicted octanol–water partition coefficient (Wildman–Crippen LogP) is 2.99. The van der Waals surface area contributed by atoms with Gasteiger partial charge in [0.15, 0.2) is 0 Å². The van der Waals surface area contributed by atoms with E-state index >= 15 is 0 Å². The van der Waals surface area contributed by atoms with Crippen LogP contribution in [0.3, 0.4) is 0 Å². The summed E-state index contributed by atoms with van der Waals surface area (Å²) in [5, 5.41) is 0. The van der Waals surface area contributed by atoms with Gasteiger partial charge in [-0.05, 0) is 34.9 Å². The van der Waals surface area contributed by atoms with Crippen molar-refractivity contribution in [2.24, 2.45) is 0 Å². The summed E-state index contributed by atoms with van der Waals surface area (Å²) in [4.78, 5) is 13.3. The molecule has 0 fully saturated rings. The number of carbonyl (C=O) groups excluding carboxylic acids is 1. The zero-order chi connectivity index (χ0) is 12.1. The molecule has 0 radical (unpaired) electrons. The molecule has 1 rings (SSSR count). The van der Waals surface area contributed by atoms with Crippen LogP contribution >= 0.6 is 21.8 Å². The van der Waals surface area contributed by atoms with Gasteiger partial charge in [-0.1, -0.05) is 0 Å². The van der Waals surface area contributed by atoms with E-state index in [2.05, 4.69) is 0 Å². The van der Waals surface area contributed by atoms with E-state index in [1.54, 1.807) is 33.3 Å². The largest absolute Gasteiger partial charge is 0.497 e. The molecule has 16 heavy (non-hydrogen) atoms. The second-order valence-electron chi connectivity index (χ2n) is 3.11. The molecule has 0 unspecified atom stereocenters. The van der Waals surface area contributed by atoms with Crippen LogP contribution in [0.5, 0.6) is 5.75 Å². The van der Waals surface area contributed by atoms with Crippen LogP contribution in [0.1, 0.15) is 0 Å². The van der Waals surface area contributed by atoms with Crippen molar-refractivity contribution in [3.8, 4) is 5.75 Å². The molecule has 0 N–H and O–H groups in total. The van der Waals surface area contributed by atoms with E-state index < -0.39 is 0 Å². The Bertz CT molecular complexity index is 358. The maximum Gasteiger partial charge on any atom is 0.334 e. The van der Waals surface area contributed by atoms with E-state index in [9.17, 15) is 4.79 Å². The van der Waals surface area contributed by atoms with E-state index in [0.717, 1.165) is 22.6 Å². The van der Waals surface area contributed by atoms with Crippen molar-refractivity contribution in [2.45, 2.75) is 0 Å². The number of hydrogen-bond donors (Lipinski definition) is 0. The van der Waals surface area contributed by atoms with Gasteiger partial charge in [0.05, 0.1) is 18.3 Å². The normalized spacial score (nSPS) is 9.75. The molecule has 0 aromatic heterocycles. The molecule has 0 atom stereocenters. The number of rotatable bonds is 3. The molecule has 0 heterocycles. The zero-order valence-electron chi connectivity index (χ0n) is 9.31. The van der Waals surface area contributed by atoms with E-state index in [1.165, 1.54) is 9.21 Å². The summed E-state index contributed by atoms with van der Waals surface area (Å²) < 4.78 is 6.38. The summed E-state index contributed by atoms with van der Waals surface area (Å²) in [6, 6.07) is 7.03. The van der Waals surface area contributed by atoms with Crippen LogP contribution in [-0.2, 0) is 0 Å². The van der Waals surface area contributed by atoms with Gasteiger partial charge >= 0.3 is 6.03 Å². The van der Waals surface area contributed by atoms with Crippen molar-refractivity contribution >= 4 is 33.6 Å². The van der Waals surface area contributed by atoms with Crippen LogP contribution in [0, 0.1) is 0 Å². The summed E-state index contributed by atoms with van der Waals surface area (Å²) in [5.41, 5.74) is 0.781. The Balaban J connectivity index is 2.79. The van der Waals surface area contributed by atoms with Crippen LogP contribution in [0.15, 0.2) is 24.3 Å². The van der Waals surface area contributed by atoms with Gasteiger partial charge in [-0.2, -0.15) is 0 Å². The van der Waals surface area contributed by atoms with E-state index in [0.29, 0.717) is 0 Å². The minimum absolute atomic E-state index is 0.190. The number of halogens is 1. The smallest absolute Gasteiger partial charge is 0.334 e. The van der Waals surface area contributed by atoms with Crippen LogP contribution < -0.4 is 9.64 Å². The molecule has 0 aliphatic carbocycles. The van der Waals surface area contributed by atoms with Gasteiger partial charge in [0.2, 0.25) is 0 Å². The Kier molecular flexibility index (Phi) is 4.76. The topological polar surface area (TPSA) is 32.8 Å². The van der Waals surface area contributed by atoms with Gasteiger partial charge in [0, 0.05) is 19.8 Å². The highest BCUT2D eigenvalue weighted by Gasteiger charge is 2.15. The molecule has 0 bridgehead atoms. The fourth-order valence-corrected chi connectivity index (χ4v) is 1.52. The first-order valence-electron chi connectivity index (χ1n) is 4.54. The average molecular weight is 261 g/mol. The summed E-state index contributed by atoms with van der Waals surface area (Å²) in [6.45, 7) is 0. The fraction of sp³-hybridized carbons (Fsp3) is 0.300. The van der Waals surface area contributed by atoms with Gasteiger partial charge in [-0.25, -0.2) is 4.79 Å². The Morgan fingerprint density at radius 3 is 2.31 bits per heavy atom. The zero-order valence-corrected chi connectivity index (χ0v) is 10.9. The van der Waals surface area contributed by atoms with E-state index in [1.807, 2.05) is 12.1 Å². The maximum atomic E-state index is 11.7. The predicted molar refractivity (Wildman–Crippen MR) is 68.0 cm³/mol. The SMILES string of the molecule is COc1ccc(N(C)C(=O)N(C)SCl)cc1. The number of hydrogen-bond acceptors (Lipinski definition) is 3. The number of anilines is 1. The molecule has 1 aromatic rings. The van der Waals surface area contributed by atoms with Gasteiger partial charge in [-0.15, -0.1) is 0 Å². The number of benzene rings is 1. The summed E-state index contributed by atoms with van der Waals surface area (Å²) in [5.74, 6) is 0.754. The number of carbonyl (C=O) groups is 1. The van der Waals surface area contributed by atoms with Crippen LogP contribution in [0.25, 0.3) is 0 Å². The van der Waals surface area contributed by atoms with E-state index in [4.69, 9.17) is 15.4 Å². The minimum Gasteiger partial charge on any atom is -0.497 e. The third-order valence-electron chi connectivity index (χ3n) is 2.12. The Labute approximate surface area is 104 Å². The number of urea groups is 1.